The lowest BCUT2D eigenvalue weighted by Gasteiger charge is -2.06. The second-order valence-electron chi connectivity index (χ2n) is 3.85. The minimum Gasteiger partial charge on any atom is -0.466 e. The number of carbonyl (C=O) groups excluding carboxylic acids is 2. The van der Waals surface area contributed by atoms with Crippen molar-refractivity contribution in [3.05, 3.63) is 35.4 Å². The molecule has 0 saturated carbocycles. The highest BCUT2D eigenvalue weighted by molar-refractivity contribution is 5.94. The van der Waals surface area contributed by atoms with E-state index < -0.39 is 23.5 Å². The molecule has 0 radical (unpaired) electrons. The average molecular weight is 271 g/mol. The molecular formula is C13H15F2NO3. The Morgan fingerprint density at radius 3 is 2.74 bits per heavy atom. The van der Waals surface area contributed by atoms with Crippen molar-refractivity contribution < 1.29 is 23.1 Å². The molecule has 4 nitrogen and oxygen atoms in total. The monoisotopic (exact) mass is 271 g/mol. The van der Waals surface area contributed by atoms with Crippen LogP contribution in [-0.4, -0.2) is 25.0 Å². The van der Waals surface area contributed by atoms with Gasteiger partial charge in [0.2, 0.25) is 0 Å². The van der Waals surface area contributed by atoms with Crippen LogP contribution in [0.25, 0.3) is 0 Å². The molecule has 1 aromatic rings. The SMILES string of the molecule is CCCOC(=O)CCNC(=O)c1cc(F)ccc1F. The van der Waals surface area contributed by atoms with E-state index in [1.807, 2.05) is 6.92 Å². The molecule has 0 fully saturated rings. The van der Waals surface area contributed by atoms with Gasteiger partial charge in [-0.15, -0.1) is 0 Å². The Morgan fingerprint density at radius 2 is 2.05 bits per heavy atom. The first-order valence-electron chi connectivity index (χ1n) is 5.93. The van der Waals surface area contributed by atoms with Crippen molar-refractivity contribution >= 4 is 11.9 Å². The first-order chi connectivity index (χ1) is 9.04. The van der Waals surface area contributed by atoms with Crippen molar-refractivity contribution in [2.24, 2.45) is 0 Å². The molecule has 0 bridgehead atoms. The first-order valence-corrected chi connectivity index (χ1v) is 5.93. The molecule has 0 saturated heterocycles. The van der Waals surface area contributed by atoms with Crippen LogP contribution in [0.3, 0.4) is 0 Å². The van der Waals surface area contributed by atoms with Crippen LogP contribution >= 0.6 is 0 Å². The standard InChI is InChI=1S/C13H15F2NO3/c1-2-7-19-12(17)5-6-16-13(18)10-8-9(14)3-4-11(10)15/h3-4,8H,2,5-7H2,1H3,(H,16,18). The third-order valence-corrected chi connectivity index (χ3v) is 2.25. The van der Waals surface area contributed by atoms with Gasteiger partial charge < -0.3 is 10.1 Å². The van der Waals surface area contributed by atoms with Crippen LogP contribution in [0.4, 0.5) is 8.78 Å². The van der Waals surface area contributed by atoms with E-state index in [4.69, 9.17) is 4.74 Å². The van der Waals surface area contributed by atoms with Gasteiger partial charge in [0.15, 0.2) is 0 Å². The molecule has 0 heterocycles. The number of hydrogen-bond donors (Lipinski definition) is 1. The van der Waals surface area contributed by atoms with E-state index in [-0.39, 0.29) is 18.5 Å². The second-order valence-corrected chi connectivity index (χ2v) is 3.85. The second kappa shape index (κ2) is 7.45. The predicted octanol–water partition coefficient (Wildman–Crippen LogP) is 2.04. The number of ether oxygens (including phenoxy) is 1. The molecule has 0 aliphatic carbocycles. The van der Waals surface area contributed by atoms with Crippen LogP contribution in [0.1, 0.15) is 30.1 Å². The molecule has 1 amide bonds. The summed E-state index contributed by atoms with van der Waals surface area (Å²) in [7, 11) is 0. The Balaban J connectivity index is 2.43. The van der Waals surface area contributed by atoms with Crippen molar-refractivity contribution in [1.82, 2.24) is 5.32 Å². The average Bonchev–Trinajstić information content (AvgIpc) is 2.39. The minimum absolute atomic E-state index is 0.0112. The van der Waals surface area contributed by atoms with Gasteiger partial charge in [0.1, 0.15) is 11.6 Å². The zero-order chi connectivity index (χ0) is 14.3. The summed E-state index contributed by atoms with van der Waals surface area (Å²) in [6.45, 7) is 2.20. The predicted molar refractivity (Wildman–Crippen MR) is 64.6 cm³/mol. The molecule has 0 aliphatic heterocycles. The van der Waals surface area contributed by atoms with E-state index in [0.717, 1.165) is 18.2 Å². The Bertz CT molecular complexity index is 463. The molecule has 1 N–H and O–H groups in total. The molecular weight excluding hydrogens is 256 g/mol. The maximum absolute atomic E-state index is 13.3. The number of hydrogen-bond acceptors (Lipinski definition) is 3. The number of halogens is 2. The molecule has 19 heavy (non-hydrogen) atoms. The summed E-state index contributed by atoms with van der Waals surface area (Å²) < 4.78 is 30.9. The zero-order valence-corrected chi connectivity index (χ0v) is 10.5. The van der Waals surface area contributed by atoms with Crippen molar-refractivity contribution in [3.63, 3.8) is 0 Å². The lowest BCUT2D eigenvalue weighted by atomic mass is 10.2. The Kier molecular flexibility index (Phi) is 5.92. The topological polar surface area (TPSA) is 55.4 Å². The Hall–Kier alpha value is -1.98. The number of rotatable bonds is 6. The molecule has 0 unspecified atom stereocenters. The number of benzene rings is 1. The summed E-state index contributed by atoms with van der Waals surface area (Å²) in [5.41, 5.74) is -0.387. The van der Waals surface area contributed by atoms with E-state index in [9.17, 15) is 18.4 Å². The maximum Gasteiger partial charge on any atom is 0.307 e. The fourth-order valence-electron chi connectivity index (χ4n) is 1.33. The largest absolute Gasteiger partial charge is 0.466 e. The van der Waals surface area contributed by atoms with E-state index in [1.54, 1.807) is 0 Å². The fraction of sp³-hybridized carbons (Fsp3) is 0.385. The number of esters is 1. The van der Waals surface area contributed by atoms with Crippen molar-refractivity contribution in [2.75, 3.05) is 13.2 Å². The molecule has 0 spiro atoms. The lowest BCUT2D eigenvalue weighted by molar-refractivity contribution is -0.143. The van der Waals surface area contributed by atoms with E-state index in [0.29, 0.717) is 13.0 Å². The Labute approximate surface area is 109 Å². The van der Waals surface area contributed by atoms with E-state index >= 15 is 0 Å². The Morgan fingerprint density at radius 1 is 1.32 bits per heavy atom. The fourth-order valence-corrected chi connectivity index (χ4v) is 1.33. The highest BCUT2D eigenvalue weighted by Gasteiger charge is 2.13. The van der Waals surface area contributed by atoms with Crippen LogP contribution in [0.5, 0.6) is 0 Å². The third-order valence-electron chi connectivity index (χ3n) is 2.25. The summed E-state index contributed by atoms with van der Waals surface area (Å²) >= 11 is 0. The van der Waals surface area contributed by atoms with Gasteiger partial charge in [-0.2, -0.15) is 0 Å². The molecule has 1 aromatic carbocycles. The minimum atomic E-state index is -0.813. The summed E-state index contributed by atoms with van der Waals surface area (Å²) in [6.07, 6.45) is 0.704. The molecule has 0 aromatic heterocycles. The maximum atomic E-state index is 13.3. The van der Waals surface area contributed by atoms with Gasteiger partial charge >= 0.3 is 5.97 Å². The van der Waals surface area contributed by atoms with Crippen LogP contribution in [0.2, 0.25) is 0 Å². The summed E-state index contributed by atoms with van der Waals surface area (Å²) in [5.74, 6) is -2.72. The smallest absolute Gasteiger partial charge is 0.307 e. The van der Waals surface area contributed by atoms with Crippen molar-refractivity contribution in [2.45, 2.75) is 19.8 Å². The van der Waals surface area contributed by atoms with Crippen molar-refractivity contribution in [3.8, 4) is 0 Å². The third kappa shape index (κ3) is 5.03. The van der Waals surface area contributed by atoms with Crippen molar-refractivity contribution in [1.29, 1.82) is 0 Å². The van der Waals surface area contributed by atoms with Crippen LogP contribution < -0.4 is 5.32 Å². The molecule has 104 valence electrons. The van der Waals surface area contributed by atoms with Gasteiger partial charge in [0.05, 0.1) is 18.6 Å². The van der Waals surface area contributed by atoms with E-state index in [1.165, 1.54) is 0 Å². The number of amides is 1. The molecule has 0 atom stereocenters. The van der Waals surface area contributed by atoms with Gasteiger partial charge in [-0.25, -0.2) is 8.78 Å². The van der Waals surface area contributed by atoms with Gasteiger partial charge in [0, 0.05) is 6.54 Å². The summed E-state index contributed by atoms with van der Waals surface area (Å²) in [6, 6.07) is 2.61. The molecule has 1 rings (SSSR count). The van der Waals surface area contributed by atoms with Crippen LogP contribution in [0, 0.1) is 11.6 Å². The van der Waals surface area contributed by atoms with Crippen LogP contribution in [0.15, 0.2) is 18.2 Å². The van der Waals surface area contributed by atoms with Gasteiger partial charge in [0.25, 0.3) is 5.91 Å². The highest BCUT2D eigenvalue weighted by atomic mass is 19.1. The molecule has 6 heteroatoms. The number of carbonyl (C=O) groups is 2. The highest BCUT2D eigenvalue weighted by Crippen LogP contribution is 2.09. The first kappa shape index (κ1) is 15.1. The summed E-state index contributed by atoms with van der Waals surface area (Å²) in [4.78, 5) is 22.7. The number of nitrogens with one attached hydrogen (secondary N) is 1. The van der Waals surface area contributed by atoms with Gasteiger partial charge in [-0.3, -0.25) is 9.59 Å². The van der Waals surface area contributed by atoms with Crippen LogP contribution in [-0.2, 0) is 9.53 Å². The normalized spacial score (nSPS) is 10.1. The summed E-state index contributed by atoms with van der Waals surface area (Å²) in [5, 5.41) is 2.33. The van der Waals surface area contributed by atoms with Gasteiger partial charge in [-0.05, 0) is 24.6 Å². The van der Waals surface area contributed by atoms with E-state index in [2.05, 4.69) is 5.32 Å². The quantitative estimate of drug-likeness (QED) is 0.805. The molecule has 0 aliphatic rings. The lowest BCUT2D eigenvalue weighted by Crippen LogP contribution is -2.27. The van der Waals surface area contributed by atoms with Gasteiger partial charge in [-0.1, -0.05) is 6.92 Å². The zero-order valence-electron chi connectivity index (χ0n) is 10.5.